The molecule has 25 heavy (non-hydrogen) atoms. The predicted molar refractivity (Wildman–Crippen MR) is 103 cm³/mol. The van der Waals surface area contributed by atoms with Gasteiger partial charge in [-0.3, -0.25) is 0 Å². The van der Waals surface area contributed by atoms with Crippen LogP contribution in [0.4, 0.5) is 4.39 Å². The van der Waals surface area contributed by atoms with Gasteiger partial charge in [0.05, 0.1) is 17.4 Å². The number of ether oxygens (including phenoxy) is 2. The van der Waals surface area contributed by atoms with E-state index in [1.165, 1.54) is 24.2 Å². The van der Waals surface area contributed by atoms with Gasteiger partial charge in [0.15, 0.2) is 11.6 Å². The van der Waals surface area contributed by atoms with E-state index in [1.807, 2.05) is 12.1 Å². The minimum atomic E-state index is -0.243. The summed E-state index contributed by atoms with van der Waals surface area (Å²) >= 11 is 1.48. The normalized spacial score (nSPS) is 15.3. The number of thiophene rings is 1. The molecule has 0 saturated heterocycles. The Labute approximate surface area is 151 Å². The molecular formula is C21H23FO2S. The van der Waals surface area contributed by atoms with E-state index in [0.717, 1.165) is 46.9 Å². The van der Waals surface area contributed by atoms with Crippen molar-refractivity contribution in [1.29, 1.82) is 0 Å². The first-order chi connectivity index (χ1) is 12.3. The van der Waals surface area contributed by atoms with Crippen LogP contribution < -0.4 is 9.47 Å². The zero-order chi connectivity index (χ0) is 17.2. The predicted octanol–water partition coefficient (Wildman–Crippen LogP) is 6.69. The Morgan fingerprint density at radius 2 is 1.92 bits per heavy atom. The molecule has 0 spiro atoms. The van der Waals surface area contributed by atoms with Crippen molar-refractivity contribution in [1.82, 2.24) is 0 Å². The first kappa shape index (κ1) is 16.6. The lowest BCUT2D eigenvalue weighted by Gasteiger charge is -2.12. The van der Waals surface area contributed by atoms with Crippen LogP contribution in [0.25, 0.3) is 20.2 Å². The highest BCUT2D eigenvalue weighted by atomic mass is 32.1. The Kier molecular flexibility index (Phi) is 4.80. The van der Waals surface area contributed by atoms with E-state index in [1.54, 1.807) is 6.07 Å². The van der Waals surface area contributed by atoms with Crippen LogP contribution in [0.2, 0.25) is 0 Å². The topological polar surface area (TPSA) is 18.5 Å². The highest BCUT2D eigenvalue weighted by molar-refractivity contribution is 7.25. The Morgan fingerprint density at radius 1 is 1.12 bits per heavy atom. The Hall–Kier alpha value is -1.81. The summed E-state index contributed by atoms with van der Waals surface area (Å²) in [6.07, 6.45) is 7.09. The largest absolute Gasteiger partial charge is 0.490 e. The van der Waals surface area contributed by atoms with E-state index in [4.69, 9.17) is 9.47 Å². The summed E-state index contributed by atoms with van der Waals surface area (Å²) in [4.78, 5) is 0. The van der Waals surface area contributed by atoms with E-state index in [2.05, 4.69) is 19.1 Å². The zero-order valence-electron chi connectivity index (χ0n) is 14.5. The van der Waals surface area contributed by atoms with Crippen molar-refractivity contribution in [3.05, 3.63) is 36.1 Å². The molecule has 0 atom stereocenters. The summed E-state index contributed by atoms with van der Waals surface area (Å²) < 4.78 is 28.2. The summed E-state index contributed by atoms with van der Waals surface area (Å²) in [6, 6.07) is 9.83. The number of halogens is 1. The van der Waals surface area contributed by atoms with Crippen molar-refractivity contribution < 1.29 is 13.9 Å². The Bertz CT molecular complexity index is 880. The van der Waals surface area contributed by atoms with Crippen LogP contribution >= 0.6 is 11.3 Å². The summed E-state index contributed by atoms with van der Waals surface area (Å²) in [6.45, 7) is 2.66. The Balaban J connectivity index is 1.66. The second-order valence-electron chi connectivity index (χ2n) is 6.74. The maximum absolute atomic E-state index is 14.8. The fourth-order valence-corrected chi connectivity index (χ4v) is 4.64. The molecule has 4 rings (SSSR count). The molecule has 0 unspecified atom stereocenters. The fourth-order valence-electron chi connectivity index (χ4n) is 3.48. The van der Waals surface area contributed by atoms with Gasteiger partial charge in [-0.05, 0) is 62.4 Å². The third-order valence-corrected chi connectivity index (χ3v) is 6.04. The van der Waals surface area contributed by atoms with Crippen molar-refractivity contribution in [2.75, 3.05) is 6.61 Å². The van der Waals surface area contributed by atoms with Crippen molar-refractivity contribution in [3.8, 4) is 11.5 Å². The molecular weight excluding hydrogens is 335 g/mol. The molecule has 0 N–H and O–H groups in total. The molecule has 0 amide bonds. The molecule has 1 heterocycles. The average molecular weight is 358 g/mol. The summed E-state index contributed by atoms with van der Waals surface area (Å²) in [5, 5.41) is 2.03. The number of unbranched alkanes of at least 4 members (excludes halogenated alkanes) is 1. The van der Waals surface area contributed by atoms with Gasteiger partial charge in [-0.25, -0.2) is 4.39 Å². The van der Waals surface area contributed by atoms with Gasteiger partial charge < -0.3 is 9.47 Å². The van der Waals surface area contributed by atoms with Gasteiger partial charge >= 0.3 is 0 Å². The van der Waals surface area contributed by atoms with Crippen LogP contribution in [0.15, 0.2) is 30.3 Å². The second-order valence-corrected chi connectivity index (χ2v) is 7.79. The van der Waals surface area contributed by atoms with E-state index in [-0.39, 0.29) is 5.82 Å². The molecule has 3 aromatic rings. The van der Waals surface area contributed by atoms with Crippen molar-refractivity contribution in [2.24, 2.45) is 0 Å². The highest BCUT2D eigenvalue weighted by Gasteiger charge is 2.18. The monoisotopic (exact) mass is 358 g/mol. The lowest BCUT2D eigenvalue weighted by atomic mass is 10.1. The van der Waals surface area contributed by atoms with Gasteiger partial charge in [0, 0.05) is 15.5 Å². The van der Waals surface area contributed by atoms with Gasteiger partial charge in [0.25, 0.3) is 0 Å². The van der Waals surface area contributed by atoms with Crippen LogP contribution in [-0.4, -0.2) is 12.7 Å². The first-order valence-electron chi connectivity index (χ1n) is 9.20. The molecule has 1 aliphatic carbocycles. The van der Waals surface area contributed by atoms with E-state index < -0.39 is 0 Å². The lowest BCUT2D eigenvalue weighted by molar-refractivity contribution is 0.210. The zero-order valence-corrected chi connectivity index (χ0v) is 15.3. The van der Waals surface area contributed by atoms with Gasteiger partial charge in [0.2, 0.25) is 0 Å². The van der Waals surface area contributed by atoms with Crippen LogP contribution in [0.5, 0.6) is 11.5 Å². The van der Waals surface area contributed by atoms with Crippen molar-refractivity contribution in [2.45, 2.75) is 51.6 Å². The third-order valence-electron chi connectivity index (χ3n) is 4.88. The van der Waals surface area contributed by atoms with Gasteiger partial charge in [-0.2, -0.15) is 0 Å². The fraction of sp³-hybridized carbons (Fsp3) is 0.429. The molecule has 1 fully saturated rings. The van der Waals surface area contributed by atoms with Crippen molar-refractivity contribution >= 4 is 31.5 Å². The molecule has 1 saturated carbocycles. The third kappa shape index (κ3) is 3.32. The minimum Gasteiger partial charge on any atom is -0.490 e. The van der Waals surface area contributed by atoms with Crippen LogP contribution in [0.3, 0.4) is 0 Å². The maximum atomic E-state index is 14.8. The van der Waals surface area contributed by atoms with E-state index >= 15 is 0 Å². The molecule has 0 radical (unpaired) electrons. The van der Waals surface area contributed by atoms with E-state index in [9.17, 15) is 4.39 Å². The molecule has 2 aromatic carbocycles. The number of benzene rings is 2. The molecule has 2 nitrogen and oxygen atoms in total. The van der Waals surface area contributed by atoms with Crippen LogP contribution in [0.1, 0.15) is 45.4 Å². The molecule has 132 valence electrons. The Morgan fingerprint density at radius 3 is 2.72 bits per heavy atom. The van der Waals surface area contributed by atoms with Crippen molar-refractivity contribution in [3.63, 3.8) is 0 Å². The number of rotatable bonds is 6. The van der Waals surface area contributed by atoms with E-state index in [0.29, 0.717) is 23.2 Å². The molecule has 4 heteroatoms. The second kappa shape index (κ2) is 7.20. The number of fused-ring (bicyclic) bond motifs is 3. The quantitative estimate of drug-likeness (QED) is 0.457. The van der Waals surface area contributed by atoms with Crippen LogP contribution in [0, 0.1) is 5.82 Å². The van der Waals surface area contributed by atoms with Gasteiger partial charge in [-0.1, -0.05) is 13.3 Å². The summed E-state index contributed by atoms with van der Waals surface area (Å²) in [7, 11) is 0. The SMILES string of the molecule is CCCCOc1ccc2c(sc3cc(OC4CCCC4)ccc32)c1F. The average Bonchev–Trinajstić information content (AvgIpc) is 3.24. The van der Waals surface area contributed by atoms with Gasteiger partial charge in [-0.15, -0.1) is 11.3 Å². The maximum Gasteiger partial charge on any atom is 0.182 e. The highest BCUT2D eigenvalue weighted by Crippen LogP contribution is 2.40. The summed E-state index contributed by atoms with van der Waals surface area (Å²) in [5.41, 5.74) is 0. The lowest BCUT2D eigenvalue weighted by Crippen LogP contribution is -2.10. The van der Waals surface area contributed by atoms with Crippen LogP contribution in [-0.2, 0) is 0 Å². The standard InChI is InChI=1S/C21H23FO2S/c1-2-3-12-23-18-11-10-17-16-9-8-15(24-14-6-4-5-7-14)13-19(16)25-21(17)20(18)22/h8-11,13-14H,2-7,12H2,1H3. The molecule has 0 aliphatic heterocycles. The minimum absolute atomic E-state index is 0.243. The number of hydrogen-bond acceptors (Lipinski definition) is 3. The summed E-state index contributed by atoms with van der Waals surface area (Å²) in [5.74, 6) is 1.01. The molecule has 1 aliphatic rings. The van der Waals surface area contributed by atoms with Gasteiger partial charge in [0.1, 0.15) is 5.75 Å². The smallest absolute Gasteiger partial charge is 0.182 e. The molecule has 0 bridgehead atoms. The number of hydrogen-bond donors (Lipinski definition) is 0. The molecule has 1 aromatic heterocycles. The first-order valence-corrected chi connectivity index (χ1v) is 10.0.